The summed E-state index contributed by atoms with van der Waals surface area (Å²) in [4.78, 5) is 26.6. The van der Waals surface area contributed by atoms with Crippen molar-refractivity contribution < 1.29 is 43.4 Å². The molecule has 0 saturated carbocycles. The Morgan fingerprint density at radius 1 is 0.500 bits per heavy atom. The van der Waals surface area contributed by atoms with Gasteiger partial charge in [0.2, 0.25) is 11.6 Å². The van der Waals surface area contributed by atoms with Crippen LogP contribution in [0.15, 0.2) is 0 Å². The minimum atomic E-state index is 0. The fourth-order valence-electron chi connectivity index (χ4n) is 7.90. The predicted octanol–water partition coefficient (Wildman–Crippen LogP) is 2.37. The number of Topliss-reactive ketones (excluding diaryl/α,β-unsaturated/α-hetero) is 2. The number of nitrogens with zero attached hydrogens (tertiary/aromatic N) is 2. The van der Waals surface area contributed by atoms with E-state index in [1.807, 2.05) is 0 Å². The summed E-state index contributed by atoms with van der Waals surface area (Å²) in [6.45, 7) is 8.60. The fraction of sp³-hybridized carbons (Fsp3) is 0.950. The van der Waals surface area contributed by atoms with E-state index in [4.69, 9.17) is 0 Å². The van der Waals surface area contributed by atoms with Crippen LogP contribution in [0.3, 0.4) is 0 Å². The van der Waals surface area contributed by atoms with E-state index in [1.165, 1.54) is 135 Å². The van der Waals surface area contributed by atoms with Crippen molar-refractivity contribution in [2.45, 2.75) is 180 Å². The van der Waals surface area contributed by atoms with E-state index in [2.05, 4.69) is 38.7 Å². The van der Waals surface area contributed by atoms with Crippen molar-refractivity contribution in [2.75, 3.05) is 67.0 Å². The second kappa shape index (κ2) is 29.3. The van der Waals surface area contributed by atoms with E-state index < -0.39 is 0 Å². The zero-order valence-corrected chi connectivity index (χ0v) is 33.8. The predicted molar refractivity (Wildman–Crippen MR) is 197 cm³/mol. The van der Waals surface area contributed by atoms with Crippen molar-refractivity contribution in [3.63, 3.8) is 0 Å². The van der Waals surface area contributed by atoms with Crippen molar-refractivity contribution in [3.8, 4) is 0 Å². The van der Waals surface area contributed by atoms with Gasteiger partial charge in [-0.1, -0.05) is 122 Å². The van der Waals surface area contributed by atoms with E-state index in [0.717, 1.165) is 67.4 Å². The summed E-state index contributed by atoms with van der Waals surface area (Å²) in [5.41, 5.74) is 0. The monoisotopic (exact) mass is 719 g/mol. The third-order valence-electron chi connectivity index (χ3n) is 11.0. The SMILES string of the molecule is CCCCCCCCCCCCCCCCCC[N+](C)(CCC[N+](C)(C)CC(=O)C1CCCCCN1)CC(=O)C1CCCCCN1.[Cl-].[Cl-]. The van der Waals surface area contributed by atoms with Crippen molar-refractivity contribution >= 4 is 11.6 Å². The van der Waals surface area contributed by atoms with Crippen molar-refractivity contribution in [1.29, 1.82) is 0 Å². The van der Waals surface area contributed by atoms with Crippen LogP contribution in [0.4, 0.5) is 0 Å². The first-order valence-corrected chi connectivity index (χ1v) is 20.4. The van der Waals surface area contributed by atoms with Crippen LogP contribution in [-0.2, 0) is 9.59 Å². The zero-order valence-electron chi connectivity index (χ0n) is 32.2. The Labute approximate surface area is 311 Å². The quantitative estimate of drug-likeness (QED) is 0.101. The van der Waals surface area contributed by atoms with Crippen LogP contribution in [0.5, 0.6) is 0 Å². The van der Waals surface area contributed by atoms with Gasteiger partial charge in [-0.05, 0) is 51.6 Å². The summed E-state index contributed by atoms with van der Waals surface area (Å²) in [6, 6.07) is 0.0863. The summed E-state index contributed by atoms with van der Waals surface area (Å²) in [5, 5.41) is 7.06. The van der Waals surface area contributed by atoms with Crippen molar-refractivity contribution in [2.24, 2.45) is 0 Å². The van der Waals surface area contributed by atoms with Gasteiger partial charge in [0.15, 0.2) is 0 Å². The van der Waals surface area contributed by atoms with Gasteiger partial charge in [-0.25, -0.2) is 0 Å². The first kappa shape index (κ1) is 47.8. The standard InChI is InChI=1S/C40H80N4O2.2ClH/c1-5-6-7-8-9-10-11-12-13-14-15-16-17-18-19-26-33-44(4,36-40(46)38-29-23-21-25-31-42-38)34-27-32-43(2,3)35-39(45)37-28-22-20-24-30-41-37;;/h37-38,41-42H,5-36H2,1-4H3;2*1H/q+2;;/p-2. The lowest BCUT2D eigenvalue weighted by Crippen LogP contribution is -3.00. The maximum Gasteiger partial charge on any atom is 0.203 e. The molecule has 2 aliphatic rings. The van der Waals surface area contributed by atoms with Gasteiger partial charge in [-0.15, -0.1) is 0 Å². The molecule has 0 spiro atoms. The zero-order chi connectivity index (χ0) is 33.4. The lowest BCUT2D eigenvalue weighted by Gasteiger charge is -2.37. The van der Waals surface area contributed by atoms with Crippen LogP contribution < -0.4 is 35.4 Å². The lowest BCUT2D eigenvalue weighted by molar-refractivity contribution is -0.913. The number of carbonyl (C=O) groups excluding carboxylic acids is 2. The Bertz CT molecular complexity index is 783. The van der Waals surface area contributed by atoms with E-state index in [-0.39, 0.29) is 36.9 Å². The molecular weight excluding hydrogens is 639 g/mol. The lowest BCUT2D eigenvalue weighted by atomic mass is 10.0. The Kier molecular flexibility index (Phi) is 29.2. The molecule has 2 aliphatic heterocycles. The molecule has 48 heavy (non-hydrogen) atoms. The topological polar surface area (TPSA) is 58.2 Å². The number of ketones is 2. The molecule has 0 bridgehead atoms. The maximum absolute atomic E-state index is 13.5. The molecular formula is C40H80Cl2N4O2. The van der Waals surface area contributed by atoms with Gasteiger partial charge < -0.3 is 44.4 Å². The largest absolute Gasteiger partial charge is 1.00 e. The van der Waals surface area contributed by atoms with Gasteiger partial charge in [-0.2, -0.15) is 0 Å². The second-order valence-corrected chi connectivity index (χ2v) is 16.3. The summed E-state index contributed by atoms with van der Waals surface area (Å²) in [7, 11) is 6.77. The van der Waals surface area contributed by atoms with Crippen molar-refractivity contribution in [3.05, 3.63) is 0 Å². The Balaban J connectivity index is 0.0000110. The summed E-state index contributed by atoms with van der Waals surface area (Å²) in [6.07, 6.45) is 32.5. The molecule has 2 fully saturated rings. The number of hydrogen-bond donors (Lipinski definition) is 2. The first-order valence-electron chi connectivity index (χ1n) is 20.4. The highest BCUT2D eigenvalue weighted by Crippen LogP contribution is 2.18. The smallest absolute Gasteiger partial charge is 0.203 e. The van der Waals surface area contributed by atoms with Gasteiger partial charge in [0.25, 0.3) is 0 Å². The number of likely N-dealkylation sites (N-methyl/N-ethyl adjacent to an activating group) is 2. The average Bonchev–Trinajstić information content (AvgIpc) is 3.47. The number of quaternary nitrogens is 2. The Morgan fingerprint density at radius 2 is 0.896 bits per heavy atom. The number of rotatable bonds is 27. The Hall–Kier alpha value is -0.240. The third-order valence-corrected chi connectivity index (χ3v) is 11.0. The molecule has 286 valence electrons. The van der Waals surface area contributed by atoms with Crippen LogP contribution in [-0.4, -0.2) is 99.6 Å². The molecule has 2 saturated heterocycles. The molecule has 3 unspecified atom stereocenters. The van der Waals surface area contributed by atoms with Crippen molar-refractivity contribution in [1.82, 2.24) is 10.6 Å². The molecule has 2 heterocycles. The molecule has 0 aliphatic carbocycles. The first-order chi connectivity index (χ1) is 22.2. The van der Waals surface area contributed by atoms with E-state index in [1.54, 1.807) is 0 Å². The molecule has 0 aromatic carbocycles. The number of hydrogen-bond acceptors (Lipinski definition) is 4. The normalized spacial score (nSPS) is 20.1. The average molecular weight is 720 g/mol. The number of carbonyl (C=O) groups is 2. The summed E-state index contributed by atoms with van der Waals surface area (Å²) < 4.78 is 1.60. The molecule has 0 radical (unpaired) electrons. The van der Waals surface area contributed by atoms with Crippen LogP contribution in [0, 0.1) is 0 Å². The number of nitrogens with one attached hydrogen (secondary N) is 2. The van der Waals surface area contributed by atoms with Gasteiger partial charge in [0.05, 0.1) is 52.9 Å². The highest BCUT2D eigenvalue weighted by atomic mass is 35.5. The second-order valence-electron chi connectivity index (χ2n) is 16.3. The van der Waals surface area contributed by atoms with Crippen LogP contribution >= 0.6 is 0 Å². The molecule has 2 rings (SSSR count). The molecule has 8 heteroatoms. The summed E-state index contributed by atoms with van der Waals surface area (Å²) >= 11 is 0. The Morgan fingerprint density at radius 3 is 1.35 bits per heavy atom. The van der Waals surface area contributed by atoms with E-state index >= 15 is 0 Å². The molecule has 0 amide bonds. The minimum absolute atomic E-state index is 0. The van der Waals surface area contributed by atoms with E-state index in [9.17, 15) is 9.59 Å². The fourth-order valence-corrected chi connectivity index (χ4v) is 7.90. The van der Waals surface area contributed by atoms with Gasteiger partial charge in [0, 0.05) is 6.42 Å². The maximum atomic E-state index is 13.5. The third kappa shape index (κ3) is 23.3. The van der Waals surface area contributed by atoms with Gasteiger partial charge >= 0.3 is 0 Å². The molecule has 2 N–H and O–H groups in total. The summed E-state index contributed by atoms with van der Waals surface area (Å²) in [5.74, 6) is 0.802. The molecule has 0 aromatic heterocycles. The van der Waals surface area contributed by atoms with Crippen LogP contribution in [0.2, 0.25) is 0 Å². The molecule has 0 aromatic rings. The van der Waals surface area contributed by atoms with Gasteiger partial charge in [0.1, 0.15) is 13.1 Å². The van der Waals surface area contributed by atoms with E-state index in [0.29, 0.717) is 24.7 Å². The number of unbranched alkanes of at least 4 members (excludes halogenated alkanes) is 15. The highest BCUT2D eigenvalue weighted by Gasteiger charge is 2.32. The highest BCUT2D eigenvalue weighted by molar-refractivity contribution is 5.85. The molecule has 3 atom stereocenters. The van der Waals surface area contributed by atoms with Crippen LogP contribution in [0.25, 0.3) is 0 Å². The van der Waals surface area contributed by atoms with Crippen LogP contribution in [0.1, 0.15) is 167 Å². The van der Waals surface area contributed by atoms with Gasteiger partial charge in [-0.3, -0.25) is 9.59 Å². The molecule has 6 nitrogen and oxygen atoms in total. The minimum Gasteiger partial charge on any atom is -1.00 e. The number of halogens is 2.